The predicted molar refractivity (Wildman–Crippen MR) is 66.3 cm³/mol. The molecule has 1 N–H and O–H groups in total. The second kappa shape index (κ2) is 6.16. The number of hydrogen-bond donors (Lipinski definition) is 1. The normalized spacial score (nSPS) is 10.0. The quantitative estimate of drug-likeness (QED) is 0.812. The predicted octanol–water partition coefficient (Wildman–Crippen LogP) is 1.06. The number of aliphatic hydroxyl groups is 1. The van der Waals surface area contributed by atoms with Crippen LogP contribution in [0.1, 0.15) is 33.2 Å². The van der Waals surface area contributed by atoms with Crippen molar-refractivity contribution in [2.45, 2.75) is 13.5 Å². The largest absolute Gasteiger partial charge is 0.462 e. The van der Waals surface area contributed by atoms with E-state index in [1.165, 1.54) is 17.0 Å². The fourth-order valence-corrected chi connectivity index (χ4v) is 1.50. The Bertz CT molecular complexity index is 454. The van der Waals surface area contributed by atoms with Gasteiger partial charge < -0.3 is 14.7 Å². The summed E-state index contributed by atoms with van der Waals surface area (Å²) in [5.41, 5.74) is 1.13. The van der Waals surface area contributed by atoms with Gasteiger partial charge in [0.1, 0.15) is 0 Å². The molecule has 0 saturated carbocycles. The summed E-state index contributed by atoms with van der Waals surface area (Å²) in [5, 5.41) is 9.14. The van der Waals surface area contributed by atoms with Crippen LogP contribution < -0.4 is 0 Å². The highest BCUT2D eigenvalue weighted by molar-refractivity contribution is 5.98. The van der Waals surface area contributed by atoms with Gasteiger partial charge in [-0.05, 0) is 30.7 Å². The topological polar surface area (TPSA) is 66.8 Å². The minimum atomic E-state index is -0.499. The highest BCUT2D eigenvalue weighted by Gasteiger charge is 2.14. The molecule has 0 aliphatic rings. The molecule has 1 rings (SSSR count). The lowest BCUT2D eigenvalue weighted by Crippen LogP contribution is -2.22. The maximum atomic E-state index is 11.8. The van der Waals surface area contributed by atoms with E-state index in [2.05, 4.69) is 0 Å². The third-order valence-corrected chi connectivity index (χ3v) is 2.34. The third kappa shape index (κ3) is 3.30. The van der Waals surface area contributed by atoms with Gasteiger partial charge in [-0.2, -0.15) is 0 Å². The van der Waals surface area contributed by atoms with Crippen LogP contribution in [0.25, 0.3) is 0 Å². The number of ether oxygens (including phenoxy) is 1. The highest BCUT2D eigenvalue weighted by atomic mass is 16.5. The summed E-state index contributed by atoms with van der Waals surface area (Å²) in [5.74, 6) is -0.726. The fourth-order valence-electron chi connectivity index (χ4n) is 1.50. The molecule has 0 aromatic heterocycles. The molecule has 0 radical (unpaired) electrons. The van der Waals surface area contributed by atoms with Gasteiger partial charge in [-0.3, -0.25) is 4.79 Å². The van der Waals surface area contributed by atoms with Crippen LogP contribution in [0, 0.1) is 0 Å². The number of hydrogen-bond acceptors (Lipinski definition) is 4. The van der Waals surface area contributed by atoms with Gasteiger partial charge in [0.05, 0.1) is 18.8 Å². The van der Waals surface area contributed by atoms with E-state index in [0.717, 1.165) is 0 Å². The zero-order chi connectivity index (χ0) is 13.7. The Morgan fingerprint density at radius 2 is 1.83 bits per heavy atom. The lowest BCUT2D eigenvalue weighted by molar-refractivity contribution is 0.0526. The number of amides is 1. The Morgan fingerprint density at radius 3 is 2.33 bits per heavy atom. The van der Waals surface area contributed by atoms with Crippen molar-refractivity contribution in [3.05, 3.63) is 34.9 Å². The number of nitrogens with zero attached hydrogens (tertiary/aromatic N) is 1. The first kappa shape index (κ1) is 14.2. The van der Waals surface area contributed by atoms with Crippen molar-refractivity contribution in [1.82, 2.24) is 4.90 Å². The zero-order valence-corrected chi connectivity index (χ0v) is 10.8. The molecule has 98 valence electrons. The van der Waals surface area contributed by atoms with Crippen molar-refractivity contribution in [1.29, 1.82) is 0 Å². The molecule has 5 heteroatoms. The first-order valence-corrected chi connectivity index (χ1v) is 5.63. The van der Waals surface area contributed by atoms with Gasteiger partial charge in [0, 0.05) is 19.7 Å². The fraction of sp³-hybridized carbons (Fsp3) is 0.385. The summed E-state index contributed by atoms with van der Waals surface area (Å²) in [6.07, 6.45) is 0. The van der Waals surface area contributed by atoms with Crippen molar-refractivity contribution in [2.24, 2.45) is 0 Å². The molecule has 18 heavy (non-hydrogen) atoms. The van der Waals surface area contributed by atoms with Gasteiger partial charge in [0.15, 0.2) is 0 Å². The van der Waals surface area contributed by atoms with Crippen molar-refractivity contribution >= 4 is 11.9 Å². The van der Waals surface area contributed by atoms with Crippen LogP contribution in [0.15, 0.2) is 18.2 Å². The number of carbonyl (C=O) groups excluding carboxylic acids is 2. The second-order valence-corrected chi connectivity index (χ2v) is 4.00. The number of benzene rings is 1. The first-order chi connectivity index (χ1) is 8.49. The van der Waals surface area contributed by atoms with Gasteiger partial charge >= 0.3 is 5.97 Å². The number of esters is 1. The molecular formula is C13H17NO4. The monoisotopic (exact) mass is 251 g/mol. The molecule has 1 amide bonds. The van der Waals surface area contributed by atoms with E-state index < -0.39 is 5.97 Å². The summed E-state index contributed by atoms with van der Waals surface area (Å²) in [4.78, 5) is 24.9. The van der Waals surface area contributed by atoms with Crippen LogP contribution >= 0.6 is 0 Å². The Kier molecular flexibility index (Phi) is 4.85. The Balaban J connectivity index is 3.17. The molecule has 0 saturated heterocycles. The van der Waals surface area contributed by atoms with Gasteiger partial charge in [0.25, 0.3) is 5.91 Å². The first-order valence-electron chi connectivity index (χ1n) is 5.63. The Hall–Kier alpha value is -1.88. The number of carbonyl (C=O) groups is 2. The second-order valence-electron chi connectivity index (χ2n) is 4.00. The van der Waals surface area contributed by atoms with Crippen molar-refractivity contribution < 1.29 is 19.4 Å². The molecule has 5 nitrogen and oxygen atoms in total. The minimum Gasteiger partial charge on any atom is -0.462 e. The molecule has 1 aromatic carbocycles. The van der Waals surface area contributed by atoms with E-state index in [1.807, 2.05) is 0 Å². The van der Waals surface area contributed by atoms with Crippen molar-refractivity contribution in [3.63, 3.8) is 0 Å². The summed E-state index contributed by atoms with van der Waals surface area (Å²) in [6, 6.07) is 4.55. The molecule has 0 heterocycles. The van der Waals surface area contributed by atoms with Crippen LogP contribution in [0.5, 0.6) is 0 Å². The van der Waals surface area contributed by atoms with Gasteiger partial charge in [-0.25, -0.2) is 4.79 Å². The summed E-state index contributed by atoms with van der Waals surface area (Å²) in [7, 11) is 3.25. The van der Waals surface area contributed by atoms with E-state index in [4.69, 9.17) is 9.84 Å². The molecule has 0 aliphatic carbocycles. The van der Waals surface area contributed by atoms with Crippen LogP contribution in [-0.4, -0.2) is 42.6 Å². The van der Waals surface area contributed by atoms with Crippen LogP contribution in [-0.2, 0) is 11.3 Å². The molecule has 0 unspecified atom stereocenters. The summed E-state index contributed by atoms with van der Waals surface area (Å²) in [6.45, 7) is 1.74. The molecule has 0 fully saturated rings. The molecule has 0 bridgehead atoms. The lowest BCUT2D eigenvalue weighted by atomic mass is 10.1. The maximum Gasteiger partial charge on any atom is 0.338 e. The molecular weight excluding hydrogens is 234 g/mol. The van der Waals surface area contributed by atoms with Gasteiger partial charge in [-0.15, -0.1) is 0 Å². The zero-order valence-electron chi connectivity index (χ0n) is 10.8. The van der Waals surface area contributed by atoms with E-state index in [9.17, 15) is 9.59 Å². The Labute approximate surface area is 106 Å². The Morgan fingerprint density at radius 1 is 1.22 bits per heavy atom. The molecule has 1 aromatic rings. The van der Waals surface area contributed by atoms with E-state index in [0.29, 0.717) is 11.1 Å². The van der Waals surface area contributed by atoms with Crippen LogP contribution in [0.4, 0.5) is 0 Å². The standard InChI is InChI=1S/C13H17NO4/c1-4-18-13(17)11-6-9(8-15)5-10(7-11)12(16)14(2)3/h5-7,15H,4,8H2,1-3H3. The van der Waals surface area contributed by atoms with Gasteiger partial charge in [0.2, 0.25) is 0 Å². The lowest BCUT2D eigenvalue weighted by Gasteiger charge is -2.12. The average molecular weight is 251 g/mol. The third-order valence-electron chi connectivity index (χ3n) is 2.34. The average Bonchev–Trinajstić information content (AvgIpc) is 2.37. The van der Waals surface area contributed by atoms with Gasteiger partial charge in [-0.1, -0.05) is 0 Å². The highest BCUT2D eigenvalue weighted by Crippen LogP contribution is 2.13. The van der Waals surface area contributed by atoms with Crippen molar-refractivity contribution in [2.75, 3.05) is 20.7 Å². The summed E-state index contributed by atoms with van der Waals surface area (Å²) < 4.78 is 4.88. The van der Waals surface area contributed by atoms with E-state index in [-0.39, 0.29) is 24.7 Å². The van der Waals surface area contributed by atoms with E-state index in [1.54, 1.807) is 27.1 Å². The number of rotatable bonds is 4. The molecule has 0 aliphatic heterocycles. The smallest absolute Gasteiger partial charge is 0.338 e. The molecule has 0 spiro atoms. The summed E-state index contributed by atoms with van der Waals surface area (Å²) >= 11 is 0. The number of aliphatic hydroxyl groups excluding tert-OH is 1. The minimum absolute atomic E-state index is 0.226. The molecule has 0 atom stereocenters. The van der Waals surface area contributed by atoms with Crippen LogP contribution in [0.3, 0.4) is 0 Å². The van der Waals surface area contributed by atoms with Crippen molar-refractivity contribution in [3.8, 4) is 0 Å². The van der Waals surface area contributed by atoms with Crippen LogP contribution in [0.2, 0.25) is 0 Å². The SMILES string of the molecule is CCOC(=O)c1cc(CO)cc(C(=O)N(C)C)c1. The maximum absolute atomic E-state index is 11.8. The van der Waals surface area contributed by atoms with E-state index >= 15 is 0 Å².